The average molecular weight is 218 g/mol. The van der Waals surface area contributed by atoms with Gasteiger partial charge in [-0.2, -0.15) is 13.2 Å². The van der Waals surface area contributed by atoms with E-state index >= 15 is 0 Å². The van der Waals surface area contributed by atoms with Crippen molar-refractivity contribution in [3.8, 4) is 0 Å². The molecular formula is C10H13F3N2. The van der Waals surface area contributed by atoms with Crippen LogP contribution in [0.15, 0.2) is 0 Å². The van der Waals surface area contributed by atoms with Crippen LogP contribution < -0.4 is 0 Å². The van der Waals surface area contributed by atoms with Gasteiger partial charge in [0, 0.05) is 11.6 Å². The molecule has 0 radical (unpaired) electrons. The number of H-pyrrole nitrogens is 1. The Labute approximate surface area is 85.9 Å². The van der Waals surface area contributed by atoms with E-state index in [1.807, 2.05) is 13.8 Å². The molecule has 1 aliphatic rings. The molecule has 2 rings (SSSR count). The van der Waals surface area contributed by atoms with Gasteiger partial charge in [-0.25, -0.2) is 4.98 Å². The van der Waals surface area contributed by atoms with Crippen molar-refractivity contribution in [1.29, 1.82) is 0 Å². The molecule has 0 spiro atoms. The fraction of sp³-hybridized carbons (Fsp3) is 0.700. The van der Waals surface area contributed by atoms with Gasteiger partial charge in [-0.3, -0.25) is 0 Å². The predicted molar refractivity (Wildman–Crippen MR) is 49.5 cm³/mol. The summed E-state index contributed by atoms with van der Waals surface area (Å²) in [5, 5.41) is 0. The van der Waals surface area contributed by atoms with Crippen molar-refractivity contribution in [3.63, 3.8) is 0 Å². The summed E-state index contributed by atoms with van der Waals surface area (Å²) in [6.45, 7) is 3.98. The minimum atomic E-state index is -4.36. The first-order chi connectivity index (χ1) is 6.88. The summed E-state index contributed by atoms with van der Waals surface area (Å²) in [6.07, 6.45) is -2.78. The van der Waals surface area contributed by atoms with Crippen LogP contribution >= 0.6 is 0 Å². The molecule has 5 heteroatoms. The highest BCUT2D eigenvalue weighted by Gasteiger charge is 2.37. The van der Waals surface area contributed by atoms with E-state index in [0.717, 1.165) is 6.42 Å². The second-order valence-corrected chi connectivity index (χ2v) is 4.39. The Morgan fingerprint density at radius 1 is 1.33 bits per heavy atom. The van der Waals surface area contributed by atoms with Crippen molar-refractivity contribution in [1.82, 2.24) is 9.97 Å². The molecule has 0 amide bonds. The smallest absolute Gasteiger partial charge is 0.338 e. The zero-order chi connectivity index (χ0) is 11.2. The van der Waals surface area contributed by atoms with Crippen molar-refractivity contribution in [3.05, 3.63) is 17.2 Å². The molecule has 0 aliphatic heterocycles. The van der Waals surface area contributed by atoms with E-state index in [0.29, 0.717) is 23.7 Å². The first-order valence-electron chi connectivity index (χ1n) is 5.04. The number of alkyl halides is 3. The molecule has 1 aliphatic carbocycles. The third-order valence-corrected chi connectivity index (χ3v) is 2.85. The van der Waals surface area contributed by atoms with Crippen molar-refractivity contribution in [2.75, 3.05) is 0 Å². The Balaban J connectivity index is 2.39. The molecule has 0 bridgehead atoms. The van der Waals surface area contributed by atoms with Crippen LogP contribution in [0.5, 0.6) is 0 Å². The minimum absolute atomic E-state index is 0.121. The minimum Gasteiger partial charge on any atom is -0.338 e. The lowest BCUT2D eigenvalue weighted by Crippen LogP contribution is -2.14. The van der Waals surface area contributed by atoms with E-state index in [9.17, 15) is 13.2 Å². The quantitative estimate of drug-likeness (QED) is 0.712. The first-order valence-corrected chi connectivity index (χ1v) is 5.04. The highest BCUT2D eigenvalue weighted by molar-refractivity contribution is 5.23. The zero-order valence-corrected chi connectivity index (χ0v) is 8.65. The molecule has 1 N–H and O–H groups in total. The number of fused-ring (bicyclic) bond motifs is 1. The lowest BCUT2D eigenvalue weighted by Gasteiger charge is -2.22. The van der Waals surface area contributed by atoms with E-state index in [1.165, 1.54) is 0 Å². The molecule has 2 atom stereocenters. The molecule has 0 aromatic carbocycles. The van der Waals surface area contributed by atoms with Gasteiger partial charge in [-0.1, -0.05) is 13.8 Å². The zero-order valence-electron chi connectivity index (χ0n) is 8.65. The van der Waals surface area contributed by atoms with Gasteiger partial charge in [0.05, 0.1) is 5.69 Å². The fourth-order valence-electron chi connectivity index (χ4n) is 2.27. The van der Waals surface area contributed by atoms with Crippen molar-refractivity contribution >= 4 is 0 Å². The number of nitrogens with one attached hydrogen (secondary N) is 1. The highest BCUT2D eigenvalue weighted by atomic mass is 19.4. The summed E-state index contributed by atoms with van der Waals surface area (Å²) in [4.78, 5) is 6.06. The topological polar surface area (TPSA) is 28.7 Å². The predicted octanol–water partition coefficient (Wildman–Crippen LogP) is 3.11. The Kier molecular flexibility index (Phi) is 2.28. The third-order valence-electron chi connectivity index (χ3n) is 2.85. The van der Waals surface area contributed by atoms with Crippen molar-refractivity contribution in [2.45, 2.75) is 38.8 Å². The molecule has 0 saturated carbocycles. The van der Waals surface area contributed by atoms with Crippen LogP contribution in [-0.2, 0) is 12.6 Å². The molecular weight excluding hydrogens is 205 g/mol. The Morgan fingerprint density at radius 2 is 2.00 bits per heavy atom. The molecule has 0 fully saturated rings. The highest BCUT2D eigenvalue weighted by Crippen LogP contribution is 2.36. The fourth-order valence-corrected chi connectivity index (χ4v) is 2.27. The summed E-state index contributed by atoms with van der Waals surface area (Å²) in [5.41, 5.74) is 1.26. The molecule has 2 nitrogen and oxygen atoms in total. The second kappa shape index (κ2) is 3.25. The van der Waals surface area contributed by atoms with Crippen LogP contribution in [0.3, 0.4) is 0 Å². The molecule has 1 heterocycles. The van der Waals surface area contributed by atoms with Crippen LogP contribution in [0, 0.1) is 5.92 Å². The summed E-state index contributed by atoms with van der Waals surface area (Å²) < 4.78 is 37.2. The number of nitrogens with zero attached hydrogens (tertiary/aromatic N) is 1. The summed E-state index contributed by atoms with van der Waals surface area (Å²) >= 11 is 0. The SMILES string of the molecule is CC1Cc2[nH]c(C(F)(F)F)nc2C(C)C1. The number of hydrogen-bond acceptors (Lipinski definition) is 1. The number of halogens is 3. The molecule has 15 heavy (non-hydrogen) atoms. The van der Waals surface area contributed by atoms with Crippen LogP contribution in [-0.4, -0.2) is 9.97 Å². The standard InChI is InChI=1S/C10H13F3N2/c1-5-3-6(2)8-7(4-5)14-9(15-8)10(11,12)13/h5-6H,3-4H2,1-2H3,(H,14,15). The van der Waals surface area contributed by atoms with Gasteiger partial charge in [0.25, 0.3) is 0 Å². The van der Waals surface area contributed by atoms with E-state index < -0.39 is 12.0 Å². The van der Waals surface area contributed by atoms with Gasteiger partial charge in [-0.05, 0) is 18.8 Å². The monoisotopic (exact) mass is 218 g/mol. The van der Waals surface area contributed by atoms with E-state index in [2.05, 4.69) is 9.97 Å². The summed E-state index contributed by atoms with van der Waals surface area (Å²) in [6, 6.07) is 0. The Bertz CT molecular complexity index is 367. The molecule has 1 aromatic rings. The summed E-state index contributed by atoms with van der Waals surface area (Å²) in [7, 11) is 0. The molecule has 2 unspecified atom stereocenters. The average Bonchev–Trinajstić information content (AvgIpc) is 2.46. The van der Waals surface area contributed by atoms with Crippen LogP contribution in [0.25, 0.3) is 0 Å². The maximum atomic E-state index is 12.4. The number of rotatable bonds is 0. The van der Waals surface area contributed by atoms with Crippen LogP contribution in [0.4, 0.5) is 13.2 Å². The van der Waals surface area contributed by atoms with E-state index in [4.69, 9.17) is 0 Å². The molecule has 1 aromatic heterocycles. The molecule has 84 valence electrons. The van der Waals surface area contributed by atoms with Gasteiger partial charge < -0.3 is 4.98 Å². The van der Waals surface area contributed by atoms with Gasteiger partial charge >= 0.3 is 6.18 Å². The Morgan fingerprint density at radius 3 is 2.60 bits per heavy atom. The van der Waals surface area contributed by atoms with E-state index in [1.54, 1.807) is 0 Å². The Hall–Kier alpha value is -1.00. The van der Waals surface area contributed by atoms with Gasteiger partial charge in [-0.15, -0.1) is 0 Å². The lowest BCUT2D eigenvalue weighted by molar-refractivity contribution is -0.144. The van der Waals surface area contributed by atoms with Gasteiger partial charge in [0.2, 0.25) is 5.82 Å². The third kappa shape index (κ3) is 1.87. The lowest BCUT2D eigenvalue weighted by atomic mass is 9.84. The van der Waals surface area contributed by atoms with Crippen molar-refractivity contribution < 1.29 is 13.2 Å². The maximum absolute atomic E-state index is 12.4. The van der Waals surface area contributed by atoms with Gasteiger partial charge in [0.15, 0.2) is 0 Å². The largest absolute Gasteiger partial charge is 0.449 e. The number of hydrogen-bond donors (Lipinski definition) is 1. The second-order valence-electron chi connectivity index (χ2n) is 4.39. The van der Waals surface area contributed by atoms with Crippen LogP contribution in [0.2, 0.25) is 0 Å². The van der Waals surface area contributed by atoms with Gasteiger partial charge in [0.1, 0.15) is 0 Å². The number of imidazole rings is 1. The van der Waals surface area contributed by atoms with Crippen LogP contribution in [0.1, 0.15) is 43.4 Å². The van der Waals surface area contributed by atoms with E-state index in [-0.39, 0.29) is 5.92 Å². The normalized spacial score (nSPS) is 26.5. The first kappa shape index (κ1) is 10.5. The summed E-state index contributed by atoms with van der Waals surface area (Å²) in [5.74, 6) is -0.307. The van der Waals surface area contributed by atoms with Crippen molar-refractivity contribution in [2.24, 2.45) is 5.92 Å². The molecule has 0 saturated heterocycles. The maximum Gasteiger partial charge on any atom is 0.449 e. The number of aromatic nitrogens is 2. The number of aromatic amines is 1.